The predicted octanol–water partition coefficient (Wildman–Crippen LogP) is 2.51. The molecule has 0 saturated carbocycles. The predicted molar refractivity (Wildman–Crippen MR) is 98.4 cm³/mol. The minimum atomic E-state index is 0.136. The highest BCUT2D eigenvalue weighted by atomic mass is 16.5. The summed E-state index contributed by atoms with van der Waals surface area (Å²) in [5.74, 6) is 1.01. The summed E-state index contributed by atoms with van der Waals surface area (Å²) in [6.45, 7) is 1.41. The number of nitrogens with two attached hydrogens (primary N) is 2. The summed E-state index contributed by atoms with van der Waals surface area (Å²) >= 11 is 0. The van der Waals surface area contributed by atoms with E-state index in [1.54, 1.807) is 7.11 Å². The number of hydrogen-bond acceptors (Lipinski definition) is 2. The minimum absolute atomic E-state index is 0.136. The summed E-state index contributed by atoms with van der Waals surface area (Å²) < 4.78 is 7.48. The van der Waals surface area contributed by atoms with Gasteiger partial charge in [-0.2, -0.15) is 0 Å². The van der Waals surface area contributed by atoms with Gasteiger partial charge in [0.15, 0.2) is 5.96 Å². The smallest absolute Gasteiger partial charge is 0.185 e. The molecule has 0 amide bonds. The lowest BCUT2D eigenvalue weighted by atomic mass is 10.1. The van der Waals surface area contributed by atoms with E-state index in [0.717, 1.165) is 18.7 Å². The maximum atomic E-state index is 5.41. The number of benzene rings is 2. The lowest BCUT2D eigenvalue weighted by Crippen LogP contribution is -2.23. The highest BCUT2D eigenvalue weighted by molar-refractivity contribution is 5.84. The quantitative estimate of drug-likeness (QED) is 0.540. The van der Waals surface area contributed by atoms with E-state index in [0.29, 0.717) is 6.54 Å². The Morgan fingerprint density at radius 2 is 1.83 bits per heavy atom. The van der Waals surface area contributed by atoms with Crippen LogP contribution in [0.5, 0.6) is 5.75 Å². The van der Waals surface area contributed by atoms with Crippen molar-refractivity contribution in [2.24, 2.45) is 16.5 Å². The Hall–Kier alpha value is -2.95. The van der Waals surface area contributed by atoms with Crippen molar-refractivity contribution in [2.45, 2.75) is 13.0 Å². The molecule has 3 aromatic rings. The largest absolute Gasteiger partial charge is 0.497 e. The number of aliphatic imine (C=N–C) groups is 1. The molecule has 4 N–H and O–H groups in total. The molecule has 0 aliphatic rings. The molecule has 5 heteroatoms. The van der Waals surface area contributed by atoms with Crippen LogP contribution in [0, 0.1) is 0 Å². The highest BCUT2D eigenvalue weighted by Crippen LogP contribution is 2.23. The van der Waals surface area contributed by atoms with Crippen molar-refractivity contribution >= 4 is 16.9 Å². The Morgan fingerprint density at radius 3 is 2.54 bits per heavy atom. The Morgan fingerprint density at radius 1 is 1.08 bits per heavy atom. The van der Waals surface area contributed by atoms with Gasteiger partial charge in [-0.1, -0.05) is 30.3 Å². The van der Waals surface area contributed by atoms with Crippen LogP contribution in [-0.4, -0.2) is 24.2 Å². The molecule has 0 saturated heterocycles. The lowest BCUT2D eigenvalue weighted by Gasteiger charge is -2.06. The van der Waals surface area contributed by atoms with Gasteiger partial charge in [0.25, 0.3) is 0 Å². The number of hydrogen-bond donors (Lipinski definition) is 2. The first-order valence-electron chi connectivity index (χ1n) is 7.92. The van der Waals surface area contributed by atoms with Gasteiger partial charge in [0.2, 0.25) is 0 Å². The lowest BCUT2D eigenvalue weighted by molar-refractivity contribution is 0.414. The monoisotopic (exact) mass is 322 g/mol. The van der Waals surface area contributed by atoms with E-state index in [2.05, 4.69) is 52.2 Å². The second-order valence-corrected chi connectivity index (χ2v) is 5.70. The first-order valence-corrected chi connectivity index (χ1v) is 7.92. The molecule has 2 aromatic carbocycles. The molecule has 1 aromatic heterocycles. The van der Waals surface area contributed by atoms with Crippen LogP contribution in [0.4, 0.5) is 0 Å². The van der Waals surface area contributed by atoms with E-state index in [1.807, 2.05) is 12.1 Å². The maximum absolute atomic E-state index is 5.41. The molecule has 24 heavy (non-hydrogen) atoms. The van der Waals surface area contributed by atoms with E-state index >= 15 is 0 Å². The standard InChI is InChI=1S/C19H22N4O/c1-24-16-8-6-14(7-9-16)12-23-13-15(10-11-22-19(20)21)17-4-2-3-5-18(17)23/h2-9,13H,10-12H2,1H3,(H4,20,21,22). The van der Waals surface area contributed by atoms with Crippen LogP contribution < -0.4 is 16.2 Å². The first kappa shape index (κ1) is 15.9. The number of rotatable bonds is 6. The van der Waals surface area contributed by atoms with Crippen molar-refractivity contribution in [2.75, 3.05) is 13.7 Å². The van der Waals surface area contributed by atoms with Gasteiger partial charge in [0.05, 0.1) is 7.11 Å². The number of ether oxygens (including phenoxy) is 1. The van der Waals surface area contributed by atoms with Crippen LogP contribution in [0.15, 0.2) is 59.7 Å². The summed E-state index contributed by atoms with van der Waals surface area (Å²) in [6, 6.07) is 16.6. The molecule has 3 rings (SSSR count). The summed E-state index contributed by atoms with van der Waals surface area (Å²) in [6.07, 6.45) is 3.01. The van der Waals surface area contributed by atoms with Crippen LogP contribution in [0.3, 0.4) is 0 Å². The topological polar surface area (TPSA) is 78.6 Å². The van der Waals surface area contributed by atoms with Crippen LogP contribution in [-0.2, 0) is 13.0 Å². The first-order chi connectivity index (χ1) is 11.7. The number of aromatic nitrogens is 1. The molecular formula is C19H22N4O. The molecule has 124 valence electrons. The Balaban J connectivity index is 1.88. The van der Waals surface area contributed by atoms with E-state index < -0.39 is 0 Å². The molecule has 0 unspecified atom stereocenters. The second-order valence-electron chi connectivity index (χ2n) is 5.70. The van der Waals surface area contributed by atoms with E-state index in [-0.39, 0.29) is 5.96 Å². The Labute approximate surface area is 141 Å². The fourth-order valence-corrected chi connectivity index (χ4v) is 2.89. The van der Waals surface area contributed by atoms with E-state index in [4.69, 9.17) is 16.2 Å². The van der Waals surface area contributed by atoms with Gasteiger partial charge in [-0.3, -0.25) is 4.99 Å². The Bertz CT molecular complexity index is 845. The van der Waals surface area contributed by atoms with Crippen molar-refractivity contribution < 1.29 is 4.74 Å². The van der Waals surface area contributed by atoms with Gasteiger partial charge < -0.3 is 20.8 Å². The number of nitrogens with zero attached hydrogens (tertiary/aromatic N) is 2. The van der Waals surface area contributed by atoms with Crippen molar-refractivity contribution in [1.29, 1.82) is 0 Å². The number of para-hydroxylation sites is 1. The van der Waals surface area contributed by atoms with Gasteiger partial charge in [-0.15, -0.1) is 0 Å². The summed E-state index contributed by atoms with van der Waals surface area (Å²) in [5, 5.41) is 1.25. The van der Waals surface area contributed by atoms with Gasteiger partial charge in [0.1, 0.15) is 5.75 Å². The Kier molecular flexibility index (Phi) is 4.70. The molecule has 0 spiro atoms. The zero-order chi connectivity index (χ0) is 16.9. The third kappa shape index (κ3) is 3.51. The third-order valence-electron chi connectivity index (χ3n) is 4.06. The summed E-state index contributed by atoms with van der Waals surface area (Å²) in [7, 11) is 1.68. The molecule has 0 aliphatic heterocycles. The summed E-state index contributed by atoms with van der Waals surface area (Å²) in [5.41, 5.74) is 14.5. The average molecular weight is 322 g/mol. The molecule has 0 bridgehead atoms. The average Bonchev–Trinajstić information content (AvgIpc) is 2.93. The van der Waals surface area contributed by atoms with Crippen LogP contribution in [0.2, 0.25) is 0 Å². The zero-order valence-corrected chi connectivity index (χ0v) is 13.8. The molecule has 0 fully saturated rings. The second kappa shape index (κ2) is 7.08. The van der Waals surface area contributed by atoms with E-state index in [1.165, 1.54) is 22.0 Å². The molecule has 0 aliphatic carbocycles. The normalized spacial score (nSPS) is 10.7. The van der Waals surface area contributed by atoms with Crippen LogP contribution in [0.1, 0.15) is 11.1 Å². The SMILES string of the molecule is COc1ccc(Cn2cc(CCN=C(N)N)c3ccccc32)cc1. The minimum Gasteiger partial charge on any atom is -0.497 e. The van der Waals surface area contributed by atoms with Crippen LogP contribution >= 0.6 is 0 Å². The van der Waals surface area contributed by atoms with Gasteiger partial charge in [-0.05, 0) is 35.7 Å². The molecule has 0 atom stereocenters. The number of guanidine groups is 1. The molecular weight excluding hydrogens is 300 g/mol. The van der Waals surface area contributed by atoms with Crippen molar-refractivity contribution in [3.8, 4) is 5.75 Å². The summed E-state index contributed by atoms with van der Waals surface area (Å²) in [4.78, 5) is 4.09. The van der Waals surface area contributed by atoms with Gasteiger partial charge >= 0.3 is 0 Å². The number of fused-ring (bicyclic) bond motifs is 1. The fraction of sp³-hybridized carbons (Fsp3) is 0.211. The van der Waals surface area contributed by atoms with Crippen LogP contribution in [0.25, 0.3) is 10.9 Å². The third-order valence-corrected chi connectivity index (χ3v) is 4.06. The molecule has 1 heterocycles. The number of methoxy groups -OCH3 is 1. The zero-order valence-electron chi connectivity index (χ0n) is 13.8. The molecule has 5 nitrogen and oxygen atoms in total. The van der Waals surface area contributed by atoms with Gasteiger partial charge in [-0.25, -0.2) is 0 Å². The van der Waals surface area contributed by atoms with Crippen molar-refractivity contribution in [3.05, 3.63) is 65.9 Å². The fourth-order valence-electron chi connectivity index (χ4n) is 2.89. The van der Waals surface area contributed by atoms with E-state index in [9.17, 15) is 0 Å². The van der Waals surface area contributed by atoms with Crippen molar-refractivity contribution in [1.82, 2.24) is 4.57 Å². The highest BCUT2D eigenvalue weighted by Gasteiger charge is 2.08. The van der Waals surface area contributed by atoms with Crippen molar-refractivity contribution in [3.63, 3.8) is 0 Å². The molecule has 0 radical (unpaired) electrons. The van der Waals surface area contributed by atoms with Gasteiger partial charge in [0, 0.05) is 30.2 Å². The maximum Gasteiger partial charge on any atom is 0.185 e.